The van der Waals surface area contributed by atoms with Crippen LogP contribution in [0.5, 0.6) is 0 Å². The predicted octanol–water partition coefficient (Wildman–Crippen LogP) is 2.51. The highest BCUT2D eigenvalue weighted by Crippen LogP contribution is 2.18. The summed E-state index contributed by atoms with van der Waals surface area (Å²) in [6.45, 7) is 4.10. The molecule has 0 saturated carbocycles. The number of aryl methyl sites for hydroxylation is 1. The molecule has 0 amide bonds. The Bertz CT molecular complexity index is 751. The van der Waals surface area contributed by atoms with E-state index in [0.717, 1.165) is 23.5 Å². The monoisotopic (exact) mass is 297 g/mol. The topological polar surface area (TPSA) is 64.9 Å². The quantitative estimate of drug-likeness (QED) is 0.757. The summed E-state index contributed by atoms with van der Waals surface area (Å²) < 4.78 is 7.14. The Balaban J connectivity index is 1.68. The lowest BCUT2D eigenvalue weighted by Crippen LogP contribution is -2.03. The van der Waals surface area contributed by atoms with Crippen molar-refractivity contribution in [1.29, 1.82) is 0 Å². The van der Waals surface area contributed by atoms with Crippen LogP contribution in [0.25, 0.3) is 11.0 Å². The fourth-order valence-corrected chi connectivity index (χ4v) is 2.26. The molecule has 0 bridgehead atoms. The number of hydrogen-bond acceptors (Lipinski definition) is 5. The molecule has 0 aliphatic rings. The maximum atomic E-state index is 5.40. The third-order valence-electron chi connectivity index (χ3n) is 3.49. The van der Waals surface area contributed by atoms with E-state index >= 15 is 0 Å². The minimum atomic E-state index is 0.659. The van der Waals surface area contributed by atoms with Gasteiger partial charge in [-0.3, -0.25) is 4.68 Å². The first-order valence-corrected chi connectivity index (χ1v) is 7.30. The predicted molar refractivity (Wildman–Crippen MR) is 85.4 cm³/mol. The summed E-state index contributed by atoms with van der Waals surface area (Å²) in [5.74, 6) is 0.802. The van der Waals surface area contributed by atoms with Gasteiger partial charge in [0.05, 0.1) is 18.2 Å². The molecule has 2 aromatic heterocycles. The molecular formula is C16H19N5O. The third-order valence-corrected chi connectivity index (χ3v) is 3.49. The van der Waals surface area contributed by atoms with Gasteiger partial charge in [0, 0.05) is 20.2 Å². The number of hydrogen-bond donors (Lipinski definition) is 1. The molecule has 114 valence electrons. The van der Waals surface area contributed by atoms with Gasteiger partial charge in [0.25, 0.3) is 0 Å². The number of nitrogens with zero attached hydrogens (tertiary/aromatic N) is 4. The lowest BCUT2D eigenvalue weighted by molar-refractivity contribution is 0.134. The van der Waals surface area contributed by atoms with E-state index in [1.165, 1.54) is 11.1 Å². The third kappa shape index (κ3) is 3.07. The molecule has 0 atom stereocenters. The van der Waals surface area contributed by atoms with Gasteiger partial charge in [0.2, 0.25) is 0 Å². The van der Waals surface area contributed by atoms with E-state index in [9.17, 15) is 0 Å². The molecule has 0 aliphatic carbocycles. The van der Waals surface area contributed by atoms with Gasteiger partial charge in [0.15, 0.2) is 5.65 Å². The van der Waals surface area contributed by atoms with Crippen LogP contribution in [0.15, 0.2) is 36.8 Å². The maximum absolute atomic E-state index is 5.40. The van der Waals surface area contributed by atoms with Crippen LogP contribution in [-0.2, 0) is 24.9 Å². The highest BCUT2D eigenvalue weighted by Gasteiger charge is 2.07. The first kappa shape index (κ1) is 14.5. The molecule has 0 saturated heterocycles. The maximum Gasteiger partial charge on any atom is 0.163 e. The van der Waals surface area contributed by atoms with Crippen LogP contribution < -0.4 is 5.32 Å². The summed E-state index contributed by atoms with van der Waals surface area (Å²) >= 11 is 0. The van der Waals surface area contributed by atoms with Gasteiger partial charge in [0.1, 0.15) is 12.1 Å². The zero-order valence-corrected chi connectivity index (χ0v) is 12.8. The second kappa shape index (κ2) is 6.53. The molecule has 22 heavy (non-hydrogen) atoms. The van der Waals surface area contributed by atoms with E-state index < -0.39 is 0 Å². The van der Waals surface area contributed by atoms with Gasteiger partial charge in [-0.2, -0.15) is 5.10 Å². The smallest absolute Gasteiger partial charge is 0.163 e. The standard InChI is InChI=1S/C16H19N5O/c1-3-22-10-13-6-4-12(5-7-13)8-17-15-14-9-20-21(2)16(14)19-11-18-15/h4-7,9,11H,3,8,10H2,1-2H3,(H,17,18,19). The van der Waals surface area contributed by atoms with Crippen LogP contribution in [0.4, 0.5) is 5.82 Å². The molecule has 1 aromatic carbocycles. The summed E-state index contributed by atoms with van der Waals surface area (Å²) in [7, 11) is 1.87. The fraction of sp³-hybridized carbons (Fsp3) is 0.312. The minimum absolute atomic E-state index is 0.659. The number of rotatable bonds is 6. The molecule has 0 aliphatic heterocycles. The normalized spacial score (nSPS) is 11.0. The van der Waals surface area contributed by atoms with Crippen LogP contribution in [0.2, 0.25) is 0 Å². The lowest BCUT2D eigenvalue weighted by atomic mass is 10.1. The SMILES string of the molecule is CCOCc1ccc(CNc2ncnc3c2cnn3C)cc1. The van der Waals surface area contributed by atoms with E-state index in [1.54, 1.807) is 17.2 Å². The average molecular weight is 297 g/mol. The van der Waals surface area contributed by atoms with Crippen LogP contribution in [0.1, 0.15) is 18.1 Å². The molecule has 1 N–H and O–H groups in total. The van der Waals surface area contributed by atoms with Gasteiger partial charge in [-0.05, 0) is 18.1 Å². The van der Waals surface area contributed by atoms with Crippen molar-refractivity contribution in [3.05, 3.63) is 47.9 Å². The number of nitrogens with one attached hydrogen (secondary N) is 1. The number of ether oxygens (including phenoxy) is 1. The van der Waals surface area contributed by atoms with Crippen molar-refractivity contribution in [3.63, 3.8) is 0 Å². The molecule has 0 spiro atoms. The van der Waals surface area contributed by atoms with Crippen LogP contribution in [-0.4, -0.2) is 26.4 Å². The van der Waals surface area contributed by atoms with Gasteiger partial charge < -0.3 is 10.1 Å². The van der Waals surface area contributed by atoms with Gasteiger partial charge in [-0.25, -0.2) is 9.97 Å². The van der Waals surface area contributed by atoms with Gasteiger partial charge in [-0.15, -0.1) is 0 Å². The van der Waals surface area contributed by atoms with Crippen LogP contribution in [0.3, 0.4) is 0 Å². The van der Waals surface area contributed by atoms with Crippen molar-refractivity contribution >= 4 is 16.9 Å². The molecule has 0 fully saturated rings. The van der Waals surface area contributed by atoms with Crippen molar-refractivity contribution in [3.8, 4) is 0 Å². The van der Waals surface area contributed by atoms with E-state index in [0.29, 0.717) is 13.2 Å². The Morgan fingerprint density at radius 1 is 1.14 bits per heavy atom. The van der Waals surface area contributed by atoms with Crippen molar-refractivity contribution < 1.29 is 4.74 Å². The second-order valence-electron chi connectivity index (χ2n) is 5.03. The zero-order valence-electron chi connectivity index (χ0n) is 12.8. The first-order chi connectivity index (χ1) is 10.8. The zero-order chi connectivity index (χ0) is 15.4. The molecule has 3 rings (SSSR count). The Morgan fingerprint density at radius 2 is 1.91 bits per heavy atom. The van der Waals surface area contributed by atoms with Gasteiger partial charge in [-0.1, -0.05) is 24.3 Å². The molecule has 3 aromatic rings. The second-order valence-corrected chi connectivity index (χ2v) is 5.03. The highest BCUT2D eigenvalue weighted by atomic mass is 16.5. The van der Waals surface area contributed by atoms with Crippen LogP contribution in [0, 0.1) is 0 Å². The largest absolute Gasteiger partial charge is 0.377 e. The van der Waals surface area contributed by atoms with Crippen LogP contribution >= 0.6 is 0 Å². The summed E-state index contributed by atoms with van der Waals surface area (Å²) in [5, 5.41) is 8.48. The number of fused-ring (bicyclic) bond motifs is 1. The first-order valence-electron chi connectivity index (χ1n) is 7.30. The molecule has 2 heterocycles. The van der Waals surface area contributed by atoms with Crippen molar-refractivity contribution in [2.75, 3.05) is 11.9 Å². The van der Waals surface area contributed by atoms with E-state index in [4.69, 9.17) is 4.74 Å². The lowest BCUT2D eigenvalue weighted by Gasteiger charge is -2.07. The average Bonchev–Trinajstić information content (AvgIpc) is 2.94. The Hall–Kier alpha value is -2.47. The van der Waals surface area contributed by atoms with E-state index in [-0.39, 0.29) is 0 Å². The Labute approximate surface area is 129 Å². The summed E-state index contributed by atoms with van der Waals surface area (Å²) in [6, 6.07) is 8.38. The molecule has 0 unspecified atom stereocenters. The molecule has 6 nitrogen and oxygen atoms in total. The van der Waals surface area contributed by atoms with Gasteiger partial charge >= 0.3 is 0 Å². The molecule has 6 heteroatoms. The summed E-state index contributed by atoms with van der Waals surface area (Å²) in [6.07, 6.45) is 3.33. The number of anilines is 1. The van der Waals surface area contributed by atoms with Crippen molar-refractivity contribution in [2.24, 2.45) is 7.05 Å². The molecular weight excluding hydrogens is 278 g/mol. The number of aromatic nitrogens is 4. The van der Waals surface area contributed by atoms with Crippen molar-refractivity contribution in [2.45, 2.75) is 20.1 Å². The minimum Gasteiger partial charge on any atom is -0.377 e. The molecule has 0 radical (unpaired) electrons. The fourth-order valence-electron chi connectivity index (χ4n) is 2.26. The summed E-state index contributed by atoms with van der Waals surface area (Å²) in [5.41, 5.74) is 3.20. The number of benzene rings is 1. The van der Waals surface area contributed by atoms with E-state index in [2.05, 4.69) is 44.6 Å². The summed E-state index contributed by atoms with van der Waals surface area (Å²) in [4.78, 5) is 8.53. The Morgan fingerprint density at radius 3 is 2.68 bits per heavy atom. The van der Waals surface area contributed by atoms with Crippen molar-refractivity contribution in [1.82, 2.24) is 19.7 Å². The Kier molecular flexibility index (Phi) is 4.29. The highest BCUT2D eigenvalue weighted by molar-refractivity contribution is 5.85. The van der Waals surface area contributed by atoms with E-state index in [1.807, 2.05) is 14.0 Å².